The van der Waals surface area contributed by atoms with Gasteiger partial charge >= 0.3 is 0 Å². The second-order valence-corrected chi connectivity index (χ2v) is 7.06. The van der Waals surface area contributed by atoms with E-state index >= 15 is 0 Å². The van der Waals surface area contributed by atoms with E-state index in [1.807, 2.05) is 6.20 Å². The second-order valence-electron chi connectivity index (χ2n) is 5.97. The Hall–Kier alpha value is -1.40. The number of thiazole rings is 1. The number of anilines is 1. The minimum absolute atomic E-state index is 0.429. The van der Waals surface area contributed by atoms with Gasteiger partial charge in [-0.25, -0.2) is 4.98 Å². The van der Waals surface area contributed by atoms with Gasteiger partial charge in [0.15, 0.2) is 5.13 Å². The van der Waals surface area contributed by atoms with Crippen LogP contribution in [0.4, 0.5) is 5.13 Å². The maximum Gasteiger partial charge on any atom is 0.185 e. The van der Waals surface area contributed by atoms with Gasteiger partial charge in [-0.1, -0.05) is 0 Å². The molecule has 0 spiro atoms. The number of rotatable bonds is 7. The van der Waals surface area contributed by atoms with Crippen LogP contribution in [0.1, 0.15) is 55.8 Å². The molecule has 23 heavy (non-hydrogen) atoms. The van der Waals surface area contributed by atoms with Gasteiger partial charge in [-0.05, 0) is 40.0 Å². The van der Waals surface area contributed by atoms with E-state index in [9.17, 15) is 0 Å². The van der Waals surface area contributed by atoms with Crippen LogP contribution in [0.25, 0.3) is 0 Å². The van der Waals surface area contributed by atoms with Gasteiger partial charge in [0.2, 0.25) is 0 Å². The third-order valence-electron chi connectivity index (χ3n) is 4.66. The third kappa shape index (κ3) is 3.43. The van der Waals surface area contributed by atoms with Gasteiger partial charge < -0.3 is 10.2 Å². The summed E-state index contributed by atoms with van der Waals surface area (Å²) in [6.45, 7) is 10.4. The minimum Gasteiger partial charge on any atom is -0.349 e. The molecule has 0 saturated carbocycles. The first kappa shape index (κ1) is 16.5. The summed E-state index contributed by atoms with van der Waals surface area (Å²) in [7, 11) is 0. The zero-order valence-electron chi connectivity index (χ0n) is 14.4. The third-order valence-corrected chi connectivity index (χ3v) is 5.72. The van der Waals surface area contributed by atoms with Crippen molar-refractivity contribution in [2.75, 3.05) is 18.0 Å². The molecule has 0 fully saturated rings. The van der Waals surface area contributed by atoms with E-state index in [0.29, 0.717) is 6.04 Å². The molecule has 2 aromatic rings. The number of nitrogens with one attached hydrogen (secondary N) is 1. The Labute approximate surface area is 142 Å². The molecular weight excluding hydrogens is 306 g/mol. The molecule has 2 aromatic heterocycles. The standard InChI is InChI=1S/C17H27N5S/c1-4-21(5-2)17-19-11-13(23-17)10-18-15-8-7-9-16-14(15)12-20-22(16)6-3/h11-12,15,18H,4-10H2,1-3H3. The van der Waals surface area contributed by atoms with Crippen LogP contribution in [-0.2, 0) is 19.5 Å². The maximum absolute atomic E-state index is 4.57. The van der Waals surface area contributed by atoms with Gasteiger partial charge in [0.25, 0.3) is 0 Å². The highest BCUT2D eigenvalue weighted by molar-refractivity contribution is 7.15. The van der Waals surface area contributed by atoms with Crippen LogP contribution in [0.3, 0.4) is 0 Å². The summed E-state index contributed by atoms with van der Waals surface area (Å²) < 4.78 is 2.15. The first-order valence-corrected chi connectivity index (χ1v) is 9.56. The smallest absolute Gasteiger partial charge is 0.185 e. The van der Waals surface area contributed by atoms with Crippen LogP contribution < -0.4 is 10.2 Å². The molecule has 2 heterocycles. The lowest BCUT2D eigenvalue weighted by Crippen LogP contribution is -2.24. The molecule has 3 rings (SSSR count). The topological polar surface area (TPSA) is 46.0 Å². The van der Waals surface area contributed by atoms with Crippen molar-refractivity contribution in [3.63, 3.8) is 0 Å². The average Bonchev–Trinajstić information content (AvgIpc) is 3.21. The maximum atomic E-state index is 4.57. The molecule has 0 radical (unpaired) electrons. The molecule has 0 saturated heterocycles. The summed E-state index contributed by atoms with van der Waals surface area (Å²) in [6, 6.07) is 0.429. The highest BCUT2D eigenvalue weighted by Gasteiger charge is 2.23. The molecule has 5 nitrogen and oxygen atoms in total. The molecule has 6 heteroatoms. The highest BCUT2D eigenvalue weighted by Crippen LogP contribution is 2.30. The molecule has 126 valence electrons. The van der Waals surface area contributed by atoms with E-state index in [4.69, 9.17) is 0 Å². The minimum atomic E-state index is 0.429. The second kappa shape index (κ2) is 7.45. The lowest BCUT2D eigenvalue weighted by molar-refractivity contribution is 0.449. The van der Waals surface area contributed by atoms with Crippen molar-refractivity contribution in [1.29, 1.82) is 0 Å². The van der Waals surface area contributed by atoms with Crippen molar-refractivity contribution in [2.45, 2.75) is 59.2 Å². The van der Waals surface area contributed by atoms with Crippen LogP contribution in [-0.4, -0.2) is 27.9 Å². The Kier molecular flexibility index (Phi) is 5.33. The lowest BCUT2D eigenvalue weighted by Gasteiger charge is -2.24. The highest BCUT2D eigenvalue weighted by atomic mass is 32.1. The van der Waals surface area contributed by atoms with Crippen molar-refractivity contribution in [3.05, 3.63) is 28.5 Å². The monoisotopic (exact) mass is 333 g/mol. The van der Waals surface area contributed by atoms with E-state index in [0.717, 1.165) is 37.7 Å². The number of aryl methyl sites for hydroxylation is 1. The van der Waals surface area contributed by atoms with Gasteiger partial charge in [-0.2, -0.15) is 5.10 Å². The van der Waals surface area contributed by atoms with Crippen LogP contribution in [0.5, 0.6) is 0 Å². The van der Waals surface area contributed by atoms with E-state index in [1.54, 1.807) is 11.3 Å². The fourth-order valence-electron chi connectivity index (χ4n) is 3.35. The SMILES string of the molecule is CCN(CC)c1ncc(CNC2CCCc3c2cnn3CC)s1. The van der Waals surface area contributed by atoms with Gasteiger partial charge in [-0.3, -0.25) is 4.68 Å². The van der Waals surface area contributed by atoms with Gasteiger partial charge in [0.05, 0.1) is 6.20 Å². The summed E-state index contributed by atoms with van der Waals surface area (Å²) in [4.78, 5) is 8.18. The predicted octanol–water partition coefficient (Wildman–Crippen LogP) is 3.37. The Balaban J connectivity index is 1.65. The number of fused-ring (bicyclic) bond motifs is 1. The average molecular weight is 334 g/mol. The van der Waals surface area contributed by atoms with E-state index in [-0.39, 0.29) is 0 Å². The normalized spacial score (nSPS) is 17.3. The molecule has 1 N–H and O–H groups in total. The van der Waals surface area contributed by atoms with Crippen molar-refractivity contribution < 1.29 is 0 Å². The summed E-state index contributed by atoms with van der Waals surface area (Å²) in [6.07, 6.45) is 7.68. The number of nitrogens with zero attached hydrogens (tertiary/aromatic N) is 4. The van der Waals surface area contributed by atoms with Crippen LogP contribution in [0, 0.1) is 0 Å². The van der Waals surface area contributed by atoms with Crippen molar-refractivity contribution >= 4 is 16.5 Å². The number of aromatic nitrogens is 3. The van der Waals surface area contributed by atoms with Crippen LogP contribution in [0.15, 0.2) is 12.4 Å². The van der Waals surface area contributed by atoms with E-state index in [2.05, 4.69) is 51.9 Å². The summed E-state index contributed by atoms with van der Waals surface area (Å²) in [5.41, 5.74) is 2.82. The molecular formula is C17H27N5S. The van der Waals surface area contributed by atoms with Gasteiger partial charge in [0, 0.05) is 54.6 Å². The molecule has 0 amide bonds. The summed E-state index contributed by atoms with van der Waals surface area (Å²) in [5, 5.41) is 9.38. The molecule has 0 aromatic carbocycles. The first-order chi connectivity index (χ1) is 11.3. The lowest BCUT2D eigenvalue weighted by atomic mass is 9.93. The molecule has 1 atom stereocenters. The molecule has 1 aliphatic rings. The van der Waals surface area contributed by atoms with E-state index in [1.165, 1.54) is 29.0 Å². The zero-order valence-corrected chi connectivity index (χ0v) is 15.2. The Bertz CT molecular complexity index is 629. The van der Waals surface area contributed by atoms with Crippen molar-refractivity contribution in [3.8, 4) is 0 Å². The number of hydrogen-bond donors (Lipinski definition) is 1. The quantitative estimate of drug-likeness (QED) is 0.844. The predicted molar refractivity (Wildman–Crippen MR) is 96.1 cm³/mol. The molecule has 1 aliphatic carbocycles. The fraction of sp³-hybridized carbons (Fsp3) is 0.647. The Morgan fingerprint density at radius 1 is 1.30 bits per heavy atom. The molecule has 1 unspecified atom stereocenters. The van der Waals surface area contributed by atoms with Gasteiger partial charge in [0.1, 0.15) is 0 Å². The van der Waals surface area contributed by atoms with Gasteiger partial charge in [-0.15, -0.1) is 11.3 Å². The fourth-order valence-corrected chi connectivity index (χ4v) is 4.33. The number of hydrogen-bond acceptors (Lipinski definition) is 5. The Morgan fingerprint density at radius 2 is 2.13 bits per heavy atom. The molecule has 0 aliphatic heterocycles. The Morgan fingerprint density at radius 3 is 2.87 bits per heavy atom. The van der Waals surface area contributed by atoms with Crippen LogP contribution in [0.2, 0.25) is 0 Å². The summed E-state index contributed by atoms with van der Waals surface area (Å²) >= 11 is 1.80. The first-order valence-electron chi connectivity index (χ1n) is 8.74. The molecule has 0 bridgehead atoms. The van der Waals surface area contributed by atoms with Crippen molar-refractivity contribution in [2.24, 2.45) is 0 Å². The van der Waals surface area contributed by atoms with Crippen LogP contribution >= 0.6 is 11.3 Å². The van der Waals surface area contributed by atoms with Crippen molar-refractivity contribution in [1.82, 2.24) is 20.1 Å². The summed E-state index contributed by atoms with van der Waals surface area (Å²) in [5.74, 6) is 0. The largest absolute Gasteiger partial charge is 0.349 e. The van der Waals surface area contributed by atoms with E-state index < -0.39 is 0 Å². The zero-order chi connectivity index (χ0) is 16.2.